The fraction of sp³-hybridized carbons (Fsp3) is 0.133. The monoisotopic (exact) mass is 355 g/mol. The Morgan fingerprint density at radius 2 is 1.95 bits per heavy atom. The second kappa shape index (κ2) is 6.37. The maximum atomic E-state index is 13.1. The first-order valence-electron chi connectivity index (χ1n) is 5.99. The summed E-state index contributed by atoms with van der Waals surface area (Å²) >= 11 is 9.14. The van der Waals surface area contributed by atoms with Gasteiger partial charge in [-0.2, -0.15) is 0 Å². The molecule has 0 radical (unpaired) electrons. The van der Waals surface area contributed by atoms with Gasteiger partial charge in [0.1, 0.15) is 5.82 Å². The van der Waals surface area contributed by atoms with Crippen LogP contribution >= 0.6 is 27.5 Å². The highest BCUT2D eigenvalue weighted by Crippen LogP contribution is 2.32. The van der Waals surface area contributed by atoms with E-state index < -0.39 is 5.82 Å². The summed E-state index contributed by atoms with van der Waals surface area (Å²) in [6, 6.07) is 11.8. The molecule has 0 aliphatic carbocycles. The summed E-state index contributed by atoms with van der Waals surface area (Å²) in [4.78, 5) is 12.2. The van der Waals surface area contributed by atoms with Crippen LogP contribution in [0.25, 0.3) is 0 Å². The lowest BCUT2D eigenvalue weighted by atomic mass is 10.0. The highest BCUT2D eigenvalue weighted by atomic mass is 79.9. The van der Waals surface area contributed by atoms with Crippen LogP contribution in [0.4, 0.5) is 10.1 Å². The van der Waals surface area contributed by atoms with Crippen molar-refractivity contribution < 1.29 is 9.18 Å². The second-order valence-corrected chi connectivity index (χ2v) is 5.63. The molecule has 2 rings (SSSR count). The van der Waals surface area contributed by atoms with Gasteiger partial charge >= 0.3 is 0 Å². The van der Waals surface area contributed by atoms with Gasteiger partial charge in [-0.1, -0.05) is 41.9 Å². The zero-order valence-electron chi connectivity index (χ0n) is 10.7. The number of nitrogens with one attached hydrogen (secondary N) is 1. The minimum atomic E-state index is -0.462. The molecule has 0 aliphatic heterocycles. The number of anilines is 1. The number of carbonyl (C=O) groups excluding carboxylic acids is 1. The van der Waals surface area contributed by atoms with E-state index in [-0.39, 0.29) is 16.8 Å². The zero-order chi connectivity index (χ0) is 14.7. The fourth-order valence-corrected chi connectivity index (χ4v) is 2.68. The summed E-state index contributed by atoms with van der Waals surface area (Å²) in [5, 5.41) is 2.88. The Morgan fingerprint density at radius 1 is 1.30 bits per heavy atom. The van der Waals surface area contributed by atoms with Gasteiger partial charge in [0.15, 0.2) is 0 Å². The molecule has 104 valence electrons. The van der Waals surface area contributed by atoms with Crippen LogP contribution in [0.15, 0.2) is 46.9 Å². The van der Waals surface area contributed by atoms with Crippen molar-refractivity contribution >= 4 is 39.1 Å². The molecule has 0 saturated heterocycles. The van der Waals surface area contributed by atoms with E-state index in [0.717, 1.165) is 11.6 Å². The van der Waals surface area contributed by atoms with Crippen molar-refractivity contribution in [2.45, 2.75) is 12.8 Å². The van der Waals surface area contributed by atoms with Gasteiger partial charge in [0.25, 0.3) is 0 Å². The maximum Gasteiger partial charge on any atom is 0.231 e. The summed E-state index contributed by atoms with van der Waals surface area (Å²) in [7, 11) is 0. The summed E-state index contributed by atoms with van der Waals surface area (Å²) in [5.74, 6) is -0.995. The number of hydrogen-bond donors (Lipinski definition) is 1. The van der Waals surface area contributed by atoms with Crippen molar-refractivity contribution in [1.29, 1.82) is 0 Å². The Hall–Kier alpha value is -1.39. The third-order valence-corrected chi connectivity index (χ3v) is 3.87. The minimum absolute atomic E-state index is 0.158. The maximum absolute atomic E-state index is 13.1. The molecule has 1 amide bonds. The van der Waals surface area contributed by atoms with Gasteiger partial charge in [-0.25, -0.2) is 4.39 Å². The smallest absolute Gasteiger partial charge is 0.231 e. The average Bonchev–Trinajstić information content (AvgIpc) is 2.42. The van der Waals surface area contributed by atoms with Crippen LogP contribution in [0.3, 0.4) is 0 Å². The van der Waals surface area contributed by atoms with Gasteiger partial charge < -0.3 is 5.32 Å². The first-order chi connectivity index (χ1) is 9.49. The summed E-state index contributed by atoms with van der Waals surface area (Å²) in [5.41, 5.74) is 1.28. The third-order valence-electron chi connectivity index (χ3n) is 2.95. The van der Waals surface area contributed by atoms with Crippen LogP contribution < -0.4 is 5.32 Å². The van der Waals surface area contributed by atoms with Gasteiger partial charge in [-0.3, -0.25) is 4.79 Å². The van der Waals surface area contributed by atoms with Crippen molar-refractivity contribution in [1.82, 2.24) is 0 Å². The molecule has 5 heteroatoms. The summed E-state index contributed by atoms with van der Waals surface area (Å²) in [6.07, 6.45) is 0. The number of rotatable bonds is 3. The number of halogens is 3. The molecular formula is C15H12BrClFNO. The zero-order valence-corrected chi connectivity index (χ0v) is 13.0. The Kier molecular flexibility index (Phi) is 4.78. The van der Waals surface area contributed by atoms with Crippen molar-refractivity contribution in [3.8, 4) is 0 Å². The van der Waals surface area contributed by atoms with Gasteiger partial charge in [0, 0.05) is 4.47 Å². The van der Waals surface area contributed by atoms with Crippen molar-refractivity contribution in [2.75, 3.05) is 5.32 Å². The van der Waals surface area contributed by atoms with Gasteiger partial charge in [-0.05, 0) is 40.5 Å². The van der Waals surface area contributed by atoms with Crippen LogP contribution in [0.2, 0.25) is 5.02 Å². The van der Waals surface area contributed by atoms with E-state index in [2.05, 4.69) is 21.2 Å². The third kappa shape index (κ3) is 3.38. The predicted molar refractivity (Wildman–Crippen MR) is 82.6 cm³/mol. The lowest BCUT2D eigenvalue weighted by molar-refractivity contribution is -0.117. The van der Waals surface area contributed by atoms with E-state index in [1.807, 2.05) is 30.3 Å². The fourth-order valence-electron chi connectivity index (χ4n) is 1.79. The average molecular weight is 357 g/mol. The molecule has 0 spiro atoms. The highest BCUT2D eigenvalue weighted by molar-refractivity contribution is 9.10. The first-order valence-corrected chi connectivity index (χ1v) is 7.16. The highest BCUT2D eigenvalue weighted by Gasteiger charge is 2.18. The van der Waals surface area contributed by atoms with E-state index in [1.165, 1.54) is 6.07 Å². The largest absolute Gasteiger partial charge is 0.323 e. The first kappa shape index (κ1) is 15.0. The number of carbonyl (C=O) groups is 1. The molecule has 0 aromatic heterocycles. The second-order valence-electron chi connectivity index (χ2n) is 4.37. The van der Waals surface area contributed by atoms with Gasteiger partial charge in [-0.15, -0.1) is 0 Å². The number of amides is 1. The van der Waals surface area contributed by atoms with Crippen LogP contribution in [0.5, 0.6) is 0 Å². The Labute approximate surface area is 130 Å². The Morgan fingerprint density at radius 3 is 2.55 bits per heavy atom. The van der Waals surface area contributed by atoms with E-state index in [9.17, 15) is 9.18 Å². The molecule has 2 aromatic rings. The van der Waals surface area contributed by atoms with Crippen LogP contribution in [-0.4, -0.2) is 5.91 Å². The van der Waals surface area contributed by atoms with Crippen molar-refractivity contribution in [2.24, 2.45) is 0 Å². The van der Waals surface area contributed by atoms with Gasteiger partial charge in [0.2, 0.25) is 5.91 Å². The van der Waals surface area contributed by atoms with E-state index in [1.54, 1.807) is 6.92 Å². The molecule has 0 saturated carbocycles. The molecule has 2 aromatic carbocycles. The van der Waals surface area contributed by atoms with E-state index in [4.69, 9.17) is 11.6 Å². The molecule has 0 fully saturated rings. The molecule has 1 N–H and O–H groups in total. The SMILES string of the molecule is CC(C(=O)Nc1c(Cl)cc(F)cc1Br)c1ccccc1. The molecule has 1 unspecified atom stereocenters. The Balaban J connectivity index is 2.20. The molecule has 20 heavy (non-hydrogen) atoms. The lowest BCUT2D eigenvalue weighted by Gasteiger charge is -2.14. The molecule has 1 atom stereocenters. The molecular weight excluding hydrogens is 345 g/mol. The lowest BCUT2D eigenvalue weighted by Crippen LogP contribution is -2.19. The number of hydrogen-bond acceptors (Lipinski definition) is 1. The van der Waals surface area contributed by atoms with E-state index in [0.29, 0.717) is 10.2 Å². The van der Waals surface area contributed by atoms with Crippen molar-refractivity contribution in [3.05, 3.63) is 63.3 Å². The quantitative estimate of drug-likeness (QED) is 0.825. The van der Waals surface area contributed by atoms with Crippen LogP contribution in [-0.2, 0) is 4.79 Å². The topological polar surface area (TPSA) is 29.1 Å². The molecule has 0 bridgehead atoms. The van der Waals surface area contributed by atoms with Gasteiger partial charge in [0.05, 0.1) is 16.6 Å². The summed E-state index contributed by atoms with van der Waals surface area (Å²) < 4.78 is 13.6. The molecule has 0 aliphatic rings. The van der Waals surface area contributed by atoms with Crippen LogP contribution in [0, 0.1) is 5.82 Å². The summed E-state index contributed by atoms with van der Waals surface area (Å²) in [6.45, 7) is 1.80. The van der Waals surface area contributed by atoms with Crippen LogP contribution in [0.1, 0.15) is 18.4 Å². The molecule has 0 heterocycles. The van der Waals surface area contributed by atoms with E-state index >= 15 is 0 Å². The number of benzene rings is 2. The van der Waals surface area contributed by atoms with Crippen molar-refractivity contribution in [3.63, 3.8) is 0 Å². The normalized spacial score (nSPS) is 12.0. The molecule has 2 nitrogen and oxygen atoms in total. The Bertz CT molecular complexity index is 610. The predicted octanol–water partition coefficient (Wildman–Crippen LogP) is 4.98. The standard InChI is InChI=1S/C15H12BrClFNO/c1-9(10-5-3-2-4-6-10)15(20)19-14-12(16)7-11(18)8-13(14)17/h2-9H,1H3,(H,19,20). The minimum Gasteiger partial charge on any atom is -0.323 e.